The molecule has 0 aliphatic carbocycles. The molecule has 0 bridgehead atoms. The topological polar surface area (TPSA) is 106 Å². The number of ether oxygens (including phenoxy) is 1. The van der Waals surface area contributed by atoms with Gasteiger partial charge in [-0.25, -0.2) is 9.78 Å². The molecule has 1 heterocycles. The molecule has 0 fully saturated rings. The molecule has 0 aliphatic rings. The molecule has 116 valence electrons. The Balaban J connectivity index is 2.84. The van der Waals surface area contributed by atoms with Crippen LogP contribution in [0.25, 0.3) is 0 Å². The zero-order valence-electron chi connectivity index (χ0n) is 13.0. The van der Waals surface area contributed by atoms with Crippen LogP contribution in [0.15, 0.2) is 12.3 Å². The fourth-order valence-corrected chi connectivity index (χ4v) is 1.60. The maximum Gasteiger partial charge on any atom is 0.340 e. The molecule has 0 aromatic carbocycles. The number of anilines is 2. The average Bonchev–Trinajstić information content (AvgIpc) is 2.38. The highest BCUT2D eigenvalue weighted by Crippen LogP contribution is 2.16. The van der Waals surface area contributed by atoms with Crippen LogP contribution in [0, 0.1) is 0 Å². The monoisotopic (exact) mass is 294 g/mol. The lowest BCUT2D eigenvalue weighted by Crippen LogP contribution is -2.47. The number of rotatable bonds is 4. The van der Waals surface area contributed by atoms with Crippen molar-refractivity contribution in [1.82, 2.24) is 10.3 Å². The number of amides is 1. The highest BCUT2D eigenvalue weighted by Gasteiger charge is 2.20. The molecule has 1 rings (SSSR count). The zero-order valence-corrected chi connectivity index (χ0v) is 13.0. The van der Waals surface area contributed by atoms with Gasteiger partial charge in [0.2, 0.25) is 5.91 Å². The van der Waals surface area contributed by atoms with Crippen LogP contribution in [-0.2, 0) is 9.53 Å². The maximum absolute atomic E-state index is 12.0. The summed E-state index contributed by atoms with van der Waals surface area (Å²) in [7, 11) is 1.27. The molecular formula is C14H22N4O3. The molecular weight excluding hydrogens is 272 g/mol. The Hall–Kier alpha value is -2.31. The van der Waals surface area contributed by atoms with Crippen molar-refractivity contribution < 1.29 is 14.3 Å². The van der Waals surface area contributed by atoms with Crippen LogP contribution >= 0.6 is 0 Å². The lowest BCUT2D eigenvalue weighted by atomic mass is 10.1. The number of methoxy groups -OCH3 is 1. The van der Waals surface area contributed by atoms with Gasteiger partial charge in [-0.1, -0.05) is 0 Å². The van der Waals surface area contributed by atoms with Gasteiger partial charge in [0.05, 0.1) is 24.6 Å². The van der Waals surface area contributed by atoms with Crippen molar-refractivity contribution >= 4 is 23.4 Å². The van der Waals surface area contributed by atoms with Gasteiger partial charge in [0, 0.05) is 5.54 Å². The third kappa shape index (κ3) is 4.94. The highest BCUT2D eigenvalue weighted by atomic mass is 16.5. The Morgan fingerprint density at radius 2 is 2.00 bits per heavy atom. The summed E-state index contributed by atoms with van der Waals surface area (Å²) >= 11 is 0. The zero-order chi connectivity index (χ0) is 16.2. The molecule has 1 amide bonds. The summed E-state index contributed by atoms with van der Waals surface area (Å²) in [5, 5.41) is 5.78. The van der Waals surface area contributed by atoms with Gasteiger partial charge in [-0.15, -0.1) is 0 Å². The SMILES string of the molecule is COC(=O)c1cc(NC(C)C(=O)NC(C)(C)C)ncc1N. The highest BCUT2D eigenvalue weighted by molar-refractivity contribution is 5.95. The molecule has 21 heavy (non-hydrogen) atoms. The van der Waals surface area contributed by atoms with Crippen molar-refractivity contribution in [3.05, 3.63) is 17.8 Å². The fourth-order valence-electron chi connectivity index (χ4n) is 1.60. The Bertz CT molecular complexity index is 538. The second-order valence-corrected chi connectivity index (χ2v) is 5.75. The third-order valence-corrected chi connectivity index (χ3v) is 2.60. The summed E-state index contributed by atoms with van der Waals surface area (Å²) in [6.45, 7) is 7.40. The third-order valence-electron chi connectivity index (χ3n) is 2.60. The van der Waals surface area contributed by atoms with Gasteiger partial charge in [-0.05, 0) is 33.8 Å². The number of nitrogen functional groups attached to an aromatic ring is 1. The predicted molar refractivity (Wildman–Crippen MR) is 81.0 cm³/mol. The minimum absolute atomic E-state index is 0.166. The van der Waals surface area contributed by atoms with Gasteiger partial charge in [-0.3, -0.25) is 4.79 Å². The summed E-state index contributed by atoms with van der Waals surface area (Å²) in [6, 6.07) is 0.952. The summed E-state index contributed by atoms with van der Waals surface area (Å²) in [6.07, 6.45) is 1.35. The number of nitrogens with zero attached hydrogens (tertiary/aromatic N) is 1. The fraction of sp³-hybridized carbons (Fsp3) is 0.500. The van der Waals surface area contributed by atoms with Gasteiger partial charge < -0.3 is 21.1 Å². The van der Waals surface area contributed by atoms with Crippen LogP contribution in [0.5, 0.6) is 0 Å². The number of aromatic nitrogens is 1. The second-order valence-electron chi connectivity index (χ2n) is 5.75. The first-order chi connectivity index (χ1) is 9.64. The van der Waals surface area contributed by atoms with E-state index in [1.165, 1.54) is 19.4 Å². The van der Waals surface area contributed by atoms with Crippen LogP contribution in [0.1, 0.15) is 38.1 Å². The Morgan fingerprint density at radius 3 is 2.52 bits per heavy atom. The van der Waals surface area contributed by atoms with E-state index in [9.17, 15) is 9.59 Å². The molecule has 0 radical (unpaired) electrons. The van der Waals surface area contributed by atoms with Crippen LogP contribution in [0.2, 0.25) is 0 Å². The number of nitrogens with one attached hydrogen (secondary N) is 2. The van der Waals surface area contributed by atoms with E-state index in [1.54, 1.807) is 6.92 Å². The van der Waals surface area contributed by atoms with Crippen LogP contribution in [0.3, 0.4) is 0 Å². The second kappa shape index (κ2) is 6.43. The van der Waals surface area contributed by atoms with Crippen molar-refractivity contribution in [2.24, 2.45) is 0 Å². The van der Waals surface area contributed by atoms with E-state index in [1.807, 2.05) is 20.8 Å². The minimum atomic E-state index is -0.551. The van der Waals surface area contributed by atoms with E-state index in [4.69, 9.17) is 5.73 Å². The Labute approximate surface area is 124 Å². The molecule has 0 saturated heterocycles. The maximum atomic E-state index is 12.0. The molecule has 1 aromatic rings. The summed E-state index contributed by atoms with van der Waals surface area (Å²) < 4.78 is 4.64. The summed E-state index contributed by atoms with van der Waals surface area (Å²) in [5.41, 5.74) is 5.78. The van der Waals surface area contributed by atoms with Crippen molar-refractivity contribution in [2.75, 3.05) is 18.2 Å². The minimum Gasteiger partial charge on any atom is -0.465 e. The van der Waals surface area contributed by atoms with Crippen LogP contribution in [0.4, 0.5) is 11.5 Å². The van der Waals surface area contributed by atoms with Crippen LogP contribution in [-0.4, -0.2) is 35.6 Å². The van der Waals surface area contributed by atoms with Crippen molar-refractivity contribution in [3.8, 4) is 0 Å². The standard InChI is InChI=1S/C14H22N4O3/c1-8(12(19)18-14(2,3)4)17-11-6-9(13(20)21-5)10(15)7-16-11/h6-8H,15H2,1-5H3,(H,16,17)(H,18,19). The van der Waals surface area contributed by atoms with E-state index in [0.717, 1.165) is 0 Å². The molecule has 7 nitrogen and oxygen atoms in total. The van der Waals surface area contributed by atoms with Crippen molar-refractivity contribution in [3.63, 3.8) is 0 Å². The molecule has 1 unspecified atom stereocenters. The number of hydrogen-bond acceptors (Lipinski definition) is 6. The summed E-state index contributed by atoms with van der Waals surface area (Å²) in [5.74, 6) is -0.341. The molecule has 7 heteroatoms. The number of pyridine rings is 1. The number of nitrogens with two attached hydrogens (primary N) is 1. The number of carbonyl (C=O) groups is 2. The van der Waals surface area contributed by atoms with Gasteiger partial charge in [0.15, 0.2) is 0 Å². The van der Waals surface area contributed by atoms with Gasteiger partial charge in [-0.2, -0.15) is 0 Å². The predicted octanol–water partition coefficient (Wildman–Crippen LogP) is 1.17. The van der Waals surface area contributed by atoms with E-state index in [2.05, 4.69) is 20.4 Å². The van der Waals surface area contributed by atoms with E-state index in [0.29, 0.717) is 5.82 Å². The molecule has 4 N–H and O–H groups in total. The number of carbonyl (C=O) groups excluding carboxylic acids is 2. The van der Waals surface area contributed by atoms with E-state index in [-0.39, 0.29) is 22.7 Å². The van der Waals surface area contributed by atoms with Gasteiger partial charge in [0.25, 0.3) is 0 Å². The lowest BCUT2D eigenvalue weighted by Gasteiger charge is -2.24. The average molecular weight is 294 g/mol. The molecule has 0 saturated carbocycles. The number of esters is 1. The van der Waals surface area contributed by atoms with E-state index < -0.39 is 12.0 Å². The quantitative estimate of drug-likeness (QED) is 0.720. The molecule has 0 aliphatic heterocycles. The van der Waals surface area contributed by atoms with Gasteiger partial charge >= 0.3 is 5.97 Å². The molecule has 1 aromatic heterocycles. The molecule has 0 spiro atoms. The summed E-state index contributed by atoms with van der Waals surface area (Å²) in [4.78, 5) is 27.6. The Morgan fingerprint density at radius 1 is 1.38 bits per heavy atom. The van der Waals surface area contributed by atoms with Crippen molar-refractivity contribution in [1.29, 1.82) is 0 Å². The number of hydrogen-bond donors (Lipinski definition) is 3. The first-order valence-electron chi connectivity index (χ1n) is 6.56. The normalized spacial score (nSPS) is 12.4. The van der Waals surface area contributed by atoms with E-state index >= 15 is 0 Å². The first kappa shape index (κ1) is 16.7. The smallest absolute Gasteiger partial charge is 0.340 e. The lowest BCUT2D eigenvalue weighted by molar-refractivity contribution is -0.122. The van der Waals surface area contributed by atoms with Crippen molar-refractivity contribution in [2.45, 2.75) is 39.3 Å². The first-order valence-corrected chi connectivity index (χ1v) is 6.56. The molecule has 1 atom stereocenters. The Kier molecular flexibility index (Phi) is 5.12. The van der Waals surface area contributed by atoms with Gasteiger partial charge in [0.1, 0.15) is 11.9 Å². The largest absolute Gasteiger partial charge is 0.465 e. The van der Waals surface area contributed by atoms with Crippen LogP contribution < -0.4 is 16.4 Å².